The largest absolute Gasteiger partial charge is 0.399 e. The minimum Gasteiger partial charge on any atom is -0.399 e. The Bertz CT molecular complexity index is 684. The zero-order valence-corrected chi connectivity index (χ0v) is 10.8. The summed E-state index contributed by atoms with van der Waals surface area (Å²) in [5.74, 6) is -0.496. The van der Waals surface area contributed by atoms with Gasteiger partial charge in [0.15, 0.2) is 0 Å². The van der Waals surface area contributed by atoms with Crippen LogP contribution in [0.3, 0.4) is 0 Å². The van der Waals surface area contributed by atoms with Crippen LogP contribution >= 0.6 is 0 Å². The van der Waals surface area contributed by atoms with Crippen LogP contribution in [0.5, 0.6) is 0 Å². The van der Waals surface area contributed by atoms with E-state index in [1.165, 1.54) is 19.3 Å². The number of aryl methyl sites for hydroxylation is 1. The Labute approximate surface area is 109 Å². The van der Waals surface area contributed by atoms with Gasteiger partial charge in [-0.05, 0) is 24.6 Å². The second-order valence-electron chi connectivity index (χ2n) is 3.91. The van der Waals surface area contributed by atoms with Crippen LogP contribution in [0, 0.1) is 12.7 Å². The molecule has 0 unspecified atom stereocenters. The summed E-state index contributed by atoms with van der Waals surface area (Å²) in [6.07, 6.45) is 1.24. The molecular formula is C10H12FN5O2S. The topological polar surface area (TPSA) is 114 Å². The smallest absolute Gasteiger partial charge is 0.243 e. The fraction of sp³-hybridized carbons (Fsp3) is 0.200. The van der Waals surface area contributed by atoms with E-state index in [1.807, 2.05) is 0 Å². The Hall–Kier alpha value is -2.00. The molecule has 2 rings (SSSR count). The van der Waals surface area contributed by atoms with Crippen LogP contribution in [0.4, 0.5) is 10.1 Å². The van der Waals surface area contributed by atoms with Crippen molar-refractivity contribution in [1.82, 2.24) is 19.9 Å². The van der Waals surface area contributed by atoms with Crippen LogP contribution in [-0.4, -0.2) is 23.6 Å². The van der Waals surface area contributed by atoms with E-state index in [-0.39, 0.29) is 17.8 Å². The number of anilines is 1. The Morgan fingerprint density at radius 1 is 1.47 bits per heavy atom. The van der Waals surface area contributed by atoms with E-state index in [2.05, 4.69) is 19.9 Å². The zero-order chi connectivity index (χ0) is 14.0. The van der Waals surface area contributed by atoms with Gasteiger partial charge in [-0.1, -0.05) is 0 Å². The fourth-order valence-electron chi connectivity index (χ4n) is 1.52. The summed E-state index contributed by atoms with van der Waals surface area (Å²) >= 11 is 0. The molecule has 0 atom stereocenters. The Morgan fingerprint density at radius 3 is 2.84 bits per heavy atom. The quantitative estimate of drug-likeness (QED) is 0.700. The van der Waals surface area contributed by atoms with Gasteiger partial charge in [0.1, 0.15) is 22.9 Å². The molecule has 0 saturated carbocycles. The highest BCUT2D eigenvalue weighted by atomic mass is 32.2. The lowest BCUT2D eigenvalue weighted by atomic mass is 10.2. The van der Waals surface area contributed by atoms with Gasteiger partial charge in [0, 0.05) is 5.69 Å². The van der Waals surface area contributed by atoms with Crippen molar-refractivity contribution in [2.24, 2.45) is 0 Å². The number of sulfonamides is 1. The van der Waals surface area contributed by atoms with Crippen molar-refractivity contribution in [1.29, 1.82) is 0 Å². The van der Waals surface area contributed by atoms with Gasteiger partial charge in [-0.3, -0.25) is 5.10 Å². The molecule has 0 fully saturated rings. The molecule has 4 N–H and O–H groups in total. The van der Waals surface area contributed by atoms with Gasteiger partial charge in [-0.2, -0.15) is 5.10 Å². The maximum atomic E-state index is 13.8. The van der Waals surface area contributed by atoms with Gasteiger partial charge in [0.2, 0.25) is 10.0 Å². The lowest BCUT2D eigenvalue weighted by Gasteiger charge is -2.09. The summed E-state index contributed by atoms with van der Waals surface area (Å²) in [6, 6.07) is 2.44. The second-order valence-corrected chi connectivity index (χ2v) is 5.64. The van der Waals surface area contributed by atoms with Crippen molar-refractivity contribution in [2.75, 3.05) is 5.73 Å². The van der Waals surface area contributed by atoms with Crippen molar-refractivity contribution in [3.8, 4) is 0 Å². The maximum absolute atomic E-state index is 13.8. The fourth-order valence-corrected chi connectivity index (χ4v) is 2.69. The third-order valence-electron chi connectivity index (χ3n) is 2.43. The highest BCUT2D eigenvalue weighted by molar-refractivity contribution is 7.89. The van der Waals surface area contributed by atoms with Gasteiger partial charge < -0.3 is 5.73 Å². The average molecular weight is 285 g/mol. The van der Waals surface area contributed by atoms with Crippen LogP contribution in [0.15, 0.2) is 23.4 Å². The molecule has 0 saturated heterocycles. The van der Waals surface area contributed by atoms with E-state index in [0.717, 1.165) is 6.07 Å². The van der Waals surface area contributed by atoms with Crippen molar-refractivity contribution in [2.45, 2.75) is 18.4 Å². The van der Waals surface area contributed by atoms with Crippen molar-refractivity contribution in [3.05, 3.63) is 35.7 Å². The molecule has 0 aliphatic carbocycles. The third-order valence-corrected chi connectivity index (χ3v) is 3.83. The molecule has 1 heterocycles. The first-order chi connectivity index (χ1) is 8.90. The second kappa shape index (κ2) is 4.94. The number of hydrogen-bond acceptors (Lipinski definition) is 5. The van der Waals surface area contributed by atoms with Gasteiger partial charge in [0.25, 0.3) is 0 Å². The van der Waals surface area contributed by atoms with Crippen molar-refractivity contribution >= 4 is 15.7 Å². The van der Waals surface area contributed by atoms with E-state index in [0.29, 0.717) is 5.82 Å². The summed E-state index contributed by atoms with van der Waals surface area (Å²) in [5, 5.41) is 6.07. The number of H-pyrrole nitrogens is 1. The number of hydrogen-bond donors (Lipinski definition) is 3. The highest BCUT2D eigenvalue weighted by Crippen LogP contribution is 2.21. The van der Waals surface area contributed by atoms with E-state index < -0.39 is 20.7 Å². The molecule has 0 spiro atoms. The maximum Gasteiger partial charge on any atom is 0.243 e. The van der Waals surface area contributed by atoms with Gasteiger partial charge in [-0.15, -0.1) is 0 Å². The van der Waals surface area contributed by atoms with Crippen molar-refractivity contribution < 1.29 is 12.8 Å². The first kappa shape index (κ1) is 13.4. The lowest BCUT2D eigenvalue weighted by molar-refractivity contribution is 0.552. The summed E-state index contributed by atoms with van der Waals surface area (Å²) in [5.41, 5.74) is 5.87. The molecule has 19 heavy (non-hydrogen) atoms. The molecule has 9 heteroatoms. The average Bonchev–Trinajstić information content (AvgIpc) is 2.84. The van der Waals surface area contributed by atoms with Crippen LogP contribution in [0.2, 0.25) is 0 Å². The van der Waals surface area contributed by atoms with Crippen LogP contribution in [-0.2, 0) is 16.6 Å². The van der Waals surface area contributed by atoms with Gasteiger partial charge in [-0.25, -0.2) is 22.5 Å². The van der Waals surface area contributed by atoms with Gasteiger partial charge >= 0.3 is 0 Å². The van der Waals surface area contributed by atoms with Gasteiger partial charge in [0.05, 0.1) is 6.54 Å². The molecule has 7 nitrogen and oxygen atoms in total. The molecule has 2 aromatic rings. The monoisotopic (exact) mass is 285 g/mol. The molecule has 1 aromatic carbocycles. The predicted molar refractivity (Wildman–Crippen MR) is 66.0 cm³/mol. The third kappa shape index (κ3) is 2.88. The first-order valence-corrected chi connectivity index (χ1v) is 6.78. The Morgan fingerprint density at radius 2 is 2.21 bits per heavy atom. The number of benzene rings is 1. The normalized spacial score (nSPS) is 11.7. The molecule has 102 valence electrons. The number of nitrogens with two attached hydrogens (primary N) is 1. The minimum absolute atomic E-state index is 0.115. The number of halogens is 1. The highest BCUT2D eigenvalue weighted by Gasteiger charge is 2.21. The van der Waals surface area contributed by atoms with Crippen LogP contribution < -0.4 is 10.5 Å². The summed E-state index contributed by atoms with van der Waals surface area (Å²) < 4.78 is 40.0. The number of nitrogens with zero attached hydrogens (tertiary/aromatic N) is 2. The molecule has 0 bridgehead atoms. The van der Waals surface area contributed by atoms with E-state index >= 15 is 0 Å². The number of nitrogens with one attached hydrogen (secondary N) is 2. The zero-order valence-electron chi connectivity index (χ0n) is 10.0. The standard InChI is InChI=1S/C10H12FN5O2S/c1-6-2-7(12)3-8(10(6)11)19(17,18)15-4-9-13-5-14-16-9/h2-3,5,15H,4,12H2,1H3,(H,13,14,16). The SMILES string of the molecule is Cc1cc(N)cc(S(=O)(=O)NCc2ncn[nH]2)c1F. The predicted octanol–water partition coefficient (Wildman–Crippen LogP) is 0.313. The number of rotatable bonds is 4. The van der Waals surface area contributed by atoms with E-state index in [4.69, 9.17) is 5.73 Å². The number of aromatic nitrogens is 3. The molecular weight excluding hydrogens is 273 g/mol. The number of aromatic amines is 1. The van der Waals surface area contributed by atoms with Crippen LogP contribution in [0.25, 0.3) is 0 Å². The molecule has 0 aliphatic heterocycles. The minimum atomic E-state index is -4.00. The van der Waals surface area contributed by atoms with Crippen LogP contribution in [0.1, 0.15) is 11.4 Å². The summed E-state index contributed by atoms with van der Waals surface area (Å²) in [6.45, 7) is 1.33. The molecule has 0 amide bonds. The number of nitrogen functional groups attached to an aromatic ring is 1. The molecule has 0 radical (unpaired) electrons. The van der Waals surface area contributed by atoms with E-state index in [1.54, 1.807) is 0 Å². The first-order valence-electron chi connectivity index (χ1n) is 5.29. The van der Waals surface area contributed by atoms with Crippen molar-refractivity contribution in [3.63, 3.8) is 0 Å². The molecule has 1 aromatic heterocycles. The Kier molecular flexibility index (Phi) is 3.49. The lowest BCUT2D eigenvalue weighted by Crippen LogP contribution is -2.25. The van der Waals surface area contributed by atoms with E-state index in [9.17, 15) is 12.8 Å². The Balaban J connectivity index is 2.29. The summed E-state index contributed by atoms with van der Waals surface area (Å²) in [7, 11) is -4.00. The molecule has 0 aliphatic rings. The summed E-state index contributed by atoms with van der Waals surface area (Å²) in [4.78, 5) is 3.28.